The topological polar surface area (TPSA) is 97.7 Å². The number of unbranched alkanes of at least 4 members (excludes halogenated alkanes) is 1. The van der Waals surface area contributed by atoms with Crippen LogP contribution in [0.3, 0.4) is 0 Å². The van der Waals surface area contributed by atoms with Gasteiger partial charge in [-0.15, -0.1) is 0 Å². The summed E-state index contributed by atoms with van der Waals surface area (Å²) in [7, 11) is -10.5. The molecular weight excluding hydrogens is 524 g/mol. The summed E-state index contributed by atoms with van der Waals surface area (Å²) >= 11 is 0. The van der Waals surface area contributed by atoms with Gasteiger partial charge in [0.25, 0.3) is 0 Å². The molecule has 190 valence electrons. The van der Waals surface area contributed by atoms with Crippen molar-refractivity contribution in [3.63, 3.8) is 0 Å². The summed E-state index contributed by atoms with van der Waals surface area (Å²) in [6.07, 6.45) is -0.434. The van der Waals surface area contributed by atoms with Crippen LogP contribution in [0.5, 0.6) is 0 Å². The van der Waals surface area contributed by atoms with Gasteiger partial charge in [0.2, 0.25) is 0 Å². The third-order valence-electron chi connectivity index (χ3n) is 5.69. The van der Waals surface area contributed by atoms with Gasteiger partial charge in [0, 0.05) is 0 Å². The minimum absolute atomic E-state index is 0.0519. The Morgan fingerprint density at radius 2 is 1.06 bits per heavy atom. The molecule has 0 aliphatic heterocycles. The van der Waals surface area contributed by atoms with Crippen LogP contribution in [-0.2, 0) is 24.2 Å². The van der Waals surface area contributed by atoms with E-state index in [1.165, 1.54) is 36.4 Å². The van der Waals surface area contributed by atoms with E-state index in [0.29, 0.717) is 0 Å². The standard InChI is InChI=1S/C23H24F3O6PS2/c24-23(25,26)35(30,31)32-33(20-12-4-1-5-13-20,21-14-6-2-7-15-21,22-16-8-3-9-17-22)18-10-11-19-34(27,28)29/h1-9,12-17H,10-11,18-19H2,(H,27,28,29). The van der Waals surface area contributed by atoms with Gasteiger partial charge >= 0.3 is 203 Å². The van der Waals surface area contributed by atoms with Gasteiger partial charge in [-0.25, -0.2) is 0 Å². The quantitative estimate of drug-likeness (QED) is 0.178. The summed E-state index contributed by atoms with van der Waals surface area (Å²) in [6.45, 7) is -4.93. The van der Waals surface area contributed by atoms with Gasteiger partial charge in [-0.2, -0.15) is 0 Å². The van der Waals surface area contributed by atoms with Gasteiger partial charge in [-0.05, 0) is 0 Å². The Kier molecular flexibility index (Phi) is 7.79. The SMILES string of the molecule is O=S(=O)(O)CCCCP(OS(=O)(=O)C(F)(F)F)(c1ccccc1)(c1ccccc1)c1ccccc1. The Morgan fingerprint density at radius 3 is 1.37 bits per heavy atom. The number of benzene rings is 3. The second-order valence-corrected chi connectivity index (χ2v) is 15.9. The summed E-state index contributed by atoms with van der Waals surface area (Å²) in [5.41, 5.74) is -5.71. The normalized spacial score (nSPS) is 14.2. The molecule has 0 aliphatic carbocycles. The third-order valence-corrected chi connectivity index (χ3v) is 14.5. The summed E-state index contributed by atoms with van der Waals surface area (Å²) < 4.78 is 104. The van der Waals surface area contributed by atoms with Gasteiger partial charge in [-0.1, -0.05) is 0 Å². The monoisotopic (exact) mass is 548 g/mol. The molecule has 12 heteroatoms. The van der Waals surface area contributed by atoms with E-state index in [-0.39, 0.29) is 34.9 Å². The van der Waals surface area contributed by atoms with E-state index in [9.17, 15) is 30.0 Å². The molecule has 0 unspecified atom stereocenters. The zero-order chi connectivity index (χ0) is 25.8. The van der Waals surface area contributed by atoms with Crippen molar-refractivity contribution < 1.29 is 38.5 Å². The van der Waals surface area contributed by atoms with Crippen LogP contribution in [0.2, 0.25) is 0 Å². The summed E-state index contributed by atoms with van der Waals surface area (Å²) in [5.74, 6) is -0.635. The van der Waals surface area contributed by atoms with Gasteiger partial charge in [-0.3, -0.25) is 0 Å². The molecule has 0 atom stereocenters. The fraction of sp³-hybridized carbons (Fsp3) is 0.217. The summed E-state index contributed by atoms with van der Waals surface area (Å²) in [5, 5.41) is 0.696. The van der Waals surface area contributed by atoms with Crippen molar-refractivity contribution in [1.29, 1.82) is 0 Å². The van der Waals surface area contributed by atoms with E-state index in [4.69, 9.17) is 8.52 Å². The number of hydrogen-bond acceptors (Lipinski definition) is 5. The first-order valence-electron chi connectivity index (χ1n) is 10.5. The maximum absolute atomic E-state index is 13.8. The third kappa shape index (κ3) is 5.44. The van der Waals surface area contributed by atoms with E-state index in [2.05, 4.69) is 0 Å². The first-order valence-corrected chi connectivity index (χ1v) is 15.8. The zero-order valence-electron chi connectivity index (χ0n) is 18.4. The molecule has 3 aromatic rings. The van der Waals surface area contributed by atoms with Crippen molar-refractivity contribution >= 4 is 43.0 Å². The molecular formula is C23H24F3O6PS2. The van der Waals surface area contributed by atoms with Crippen LogP contribution in [0.4, 0.5) is 13.2 Å². The first-order chi connectivity index (χ1) is 16.3. The predicted octanol–water partition coefficient (Wildman–Crippen LogP) is 3.97. The van der Waals surface area contributed by atoms with Crippen LogP contribution in [0.25, 0.3) is 0 Å². The molecule has 6 nitrogen and oxygen atoms in total. The summed E-state index contributed by atoms with van der Waals surface area (Å²) in [4.78, 5) is 0. The van der Waals surface area contributed by atoms with Gasteiger partial charge in [0.1, 0.15) is 0 Å². The molecule has 3 rings (SSSR count). The van der Waals surface area contributed by atoms with E-state index in [1.807, 2.05) is 0 Å². The number of rotatable bonds is 10. The van der Waals surface area contributed by atoms with Crippen molar-refractivity contribution in [2.24, 2.45) is 0 Å². The second kappa shape index (κ2) is 9.99. The molecule has 0 bridgehead atoms. The van der Waals surface area contributed by atoms with Crippen LogP contribution >= 0.6 is 6.83 Å². The van der Waals surface area contributed by atoms with Crippen LogP contribution in [0.15, 0.2) is 91.0 Å². The van der Waals surface area contributed by atoms with Gasteiger partial charge in [0.15, 0.2) is 0 Å². The zero-order valence-corrected chi connectivity index (χ0v) is 20.9. The summed E-state index contributed by atoms with van der Waals surface area (Å²) in [6, 6.07) is 23.5. The molecule has 0 amide bonds. The molecule has 0 aromatic heterocycles. The van der Waals surface area contributed by atoms with Crippen molar-refractivity contribution in [3.8, 4) is 0 Å². The van der Waals surface area contributed by atoms with Crippen LogP contribution < -0.4 is 15.9 Å². The Bertz CT molecular complexity index is 1250. The van der Waals surface area contributed by atoms with E-state index in [0.717, 1.165) is 0 Å². The van der Waals surface area contributed by atoms with Crippen LogP contribution in [0, 0.1) is 0 Å². The molecule has 0 saturated heterocycles. The molecule has 1 N–H and O–H groups in total. The van der Waals surface area contributed by atoms with E-state index < -0.39 is 38.3 Å². The maximum atomic E-state index is 13.8. The molecule has 0 spiro atoms. The average molecular weight is 549 g/mol. The molecule has 0 aliphatic rings. The number of halogens is 3. The van der Waals surface area contributed by atoms with Gasteiger partial charge in [0.05, 0.1) is 0 Å². The van der Waals surface area contributed by atoms with Gasteiger partial charge < -0.3 is 0 Å². The Balaban J connectivity index is 2.45. The minimum atomic E-state index is -6.13. The Morgan fingerprint density at radius 1 is 0.686 bits per heavy atom. The molecule has 35 heavy (non-hydrogen) atoms. The van der Waals surface area contributed by atoms with Crippen LogP contribution in [-0.4, -0.2) is 38.8 Å². The molecule has 0 radical (unpaired) electrons. The first kappa shape index (κ1) is 27.3. The molecule has 3 aromatic carbocycles. The Labute approximate surface area is 202 Å². The fourth-order valence-electron chi connectivity index (χ4n) is 4.19. The molecule has 0 heterocycles. The number of alkyl halides is 3. The van der Waals surface area contributed by atoms with Crippen molar-refractivity contribution in [2.45, 2.75) is 18.3 Å². The molecule has 0 saturated carbocycles. The van der Waals surface area contributed by atoms with Crippen molar-refractivity contribution in [1.82, 2.24) is 0 Å². The average Bonchev–Trinajstić information content (AvgIpc) is 2.81. The Hall–Kier alpha value is -2.30. The fourth-order valence-corrected chi connectivity index (χ4v) is 13.1. The predicted molar refractivity (Wildman–Crippen MR) is 132 cm³/mol. The number of hydrogen-bond donors (Lipinski definition) is 1. The van der Waals surface area contributed by atoms with Crippen molar-refractivity contribution in [2.75, 3.05) is 11.9 Å². The van der Waals surface area contributed by atoms with Crippen molar-refractivity contribution in [3.05, 3.63) is 91.0 Å². The molecule has 0 fully saturated rings. The van der Waals surface area contributed by atoms with Crippen LogP contribution in [0.1, 0.15) is 12.8 Å². The van der Waals surface area contributed by atoms with E-state index in [1.54, 1.807) is 54.6 Å². The second-order valence-electron chi connectivity index (χ2n) is 7.91. The van der Waals surface area contributed by atoms with E-state index >= 15 is 0 Å².